The molecule has 2 nitrogen and oxygen atoms in total. The van der Waals surface area contributed by atoms with Crippen LogP contribution in [0.3, 0.4) is 0 Å². The average molecular weight is 273 g/mol. The second-order valence-electron chi connectivity index (χ2n) is 6.93. The summed E-state index contributed by atoms with van der Waals surface area (Å²) >= 11 is 0. The van der Waals surface area contributed by atoms with E-state index in [9.17, 15) is 0 Å². The fraction of sp³-hybridized carbons (Fsp3) is 0.667. The zero-order valence-electron chi connectivity index (χ0n) is 12.8. The second kappa shape index (κ2) is 6.17. The summed E-state index contributed by atoms with van der Waals surface area (Å²) in [6.07, 6.45) is 6.86. The van der Waals surface area contributed by atoms with Gasteiger partial charge in [-0.3, -0.25) is 0 Å². The number of rotatable bonds is 4. The van der Waals surface area contributed by atoms with Gasteiger partial charge in [-0.05, 0) is 37.2 Å². The van der Waals surface area contributed by atoms with Crippen molar-refractivity contribution >= 4 is 0 Å². The molecule has 1 aliphatic carbocycles. The van der Waals surface area contributed by atoms with Gasteiger partial charge < -0.3 is 10.1 Å². The predicted octanol–water partition coefficient (Wildman–Crippen LogP) is 4.31. The van der Waals surface area contributed by atoms with Crippen LogP contribution in [0.4, 0.5) is 0 Å². The van der Waals surface area contributed by atoms with Crippen LogP contribution in [-0.4, -0.2) is 12.6 Å². The van der Waals surface area contributed by atoms with Crippen molar-refractivity contribution in [3.63, 3.8) is 0 Å². The van der Waals surface area contributed by atoms with Crippen LogP contribution in [0.5, 0.6) is 5.75 Å². The van der Waals surface area contributed by atoms with Gasteiger partial charge in [-0.15, -0.1) is 0 Å². The zero-order chi connectivity index (χ0) is 13.9. The first-order valence-electron chi connectivity index (χ1n) is 8.20. The van der Waals surface area contributed by atoms with Gasteiger partial charge in [0.1, 0.15) is 12.4 Å². The minimum Gasteiger partial charge on any atom is -0.491 e. The monoisotopic (exact) mass is 273 g/mol. The number of nitrogens with one attached hydrogen (secondary N) is 1. The molecule has 1 heterocycles. The Labute approximate surface area is 122 Å². The first kappa shape index (κ1) is 13.9. The first-order chi connectivity index (χ1) is 9.72. The lowest BCUT2D eigenvalue weighted by molar-refractivity contribution is 0.224. The summed E-state index contributed by atoms with van der Waals surface area (Å²) in [5, 5.41) is 3.85. The van der Waals surface area contributed by atoms with E-state index in [0.717, 1.165) is 24.2 Å². The molecule has 2 heteroatoms. The molecule has 1 N–H and O–H groups in total. The zero-order valence-corrected chi connectivity index (χ0v) is 12.8. The van der Waals surface area contributed by atoms with Gasteiger partial charge in [0, 0.05) is 11.6 Å². The molecule has 0 amide bonds. The van der Waals surface area contributed by atoms with Crippen molar-refractivity contribution in [1.29, 1.82) is 0 Å². The first-order valence-corrected chi connectivity index (χ1v) is 8.20. The summed E-state index contributed by atoms with van der Waals surface area (Å²) in [6.45, 7) is 5.49. The lowest BCUT2D eigenvalue weighted by Gasteiger charge is -2.32. The molecule has 20 heavy (non-hydrogen) atoms. The van der Waals surface area contributed by atoms with E-state index < -0.39 is 0 Å². The van der Waals surface area contributed by atoms with E-state index in [1.807, 2.05) is 0 Å². The topological polar surface area (TPSA) is 21.3 Å². The summed E-state index contributed by atoms with van der Waals surface area (Å²) < 4.78 is 5.78. The highest BCUT2D eigenvalue weighted by molar-refractivity contribution is 5.39. The van der Waals surface area contributed by atoms with Gasteiger partial charge in [0.05, 0.1) is 6.04 Å². The molecule has 1 aromatic carbocycles. The van der Waals surface area contributed by atoms with Crippen LogP contribution in [0.15, 0.2) is 24.3 Å². The third-order valence-electron chi connectivity index (χ3n) is 4.72. The predicted molar refractivity (Wildman–Crippen MR) is 83.0 cm³/mol. The molecule has 3 rings (SSSR count). The fourth-order valence-electron chi connectivity index (χ4n) is 3.91. The van der Waals surface area contributed by atoms with Crippen LogP contribution >= 0.6 is 0 Å². The van der Waals surface area contributed by atoms with Gasteiger partial charge in [-0.25, -0.2) is 0 Å². The molecular weight excluding hydrogens is 246 g/mol. The summed E-state index contributed by atoms with van der Waals surface area (Å²) in [6, 6.07) is 9.53. The van der Waals surface area contributed by atoms with Gasteiger partial charge in [-0.2, -0.15) is 0 Å². The van der Waals surface area contributed by atoms with E-state index >= 15 is 0 Å². The van der Waals surface area contributed by atoms with Gasteiger partial charge in [-0.1, -0.05) is 44.9 Å². The summed E-state index contributed by atoms with van der Waals surface area (Å²) in [5.74, 6) is 2.81. The molecule has 110 valence electrons. The van der Waals surface area contributed by atoms with E-state index in [1.54, 1.807) is 0 Å². The molecule has 0 saturated heterocycles. The fourth-order valence-corrected chi connectivity index (χ4v) is 3.91. The van der Waals surface area contributed by atoms with E-state index in [0.29, 0.717) is 12.1 Å². The van der Waals surface area contributed by atoms with Crippen LogP contribution in [0.2, 0.25) is 0 Å². The average Bonchev–Trinajstić information content (AvgIpc) is 2.82. The third-order valence-corrected chi connectivity index (χ3v) is 4.72. The number of benzene rings is 1. The number of para-hydroxylation sites is 1. The van der Waals surface area contributed by atoms with Crippen LogP contribution in [0.25, 0.3) is 0 Å². The van der Waals surface area contributed by atoms with Gasteiger partial charge in [0.25, 0.3) is 0 Å². The molecule has 1 aromatic rings. The number of ether oxygens (including phenoxy) is 1. The van der Waals surface area contributed by atoms with Crippen molar-refractivity contribution in [3.05, 3.63) is 29.8 Å². The smallest absolute Gasteiger partial charge is 0.124 e. The second-order valence-corrected chi connectivity index (χ2v) is 6.93. The summed E-state index contributed by atoms with van der Waals surface area (Å²) in [7, 11) is 0. The van der Waals surface area contributed by atoms with Crippen LogP contribution in [0.1, 0.15) is 57.6 Å². The molecule has 0 bridgehead atoms. The van der Waals surface area contributed by atoms with Crippen molar-refractivity contribution in [1.82, 2.24) is 5.32 Å². The normalized spacial score (nSPS) is 29.2. The van der Waals surface area contributed by atoms with Crippen LogP contribution < -0.4 is 10.1 Å². The van der Waals surface area contributed by atoms with Crippen molar-refractivity contribution in [2.24, 2.45) is 11.8 Å². The Morgan fingerprint density at radius 3 is 2.95 bits per heavy atom. The van der Waals surface area contributed by atoms with E-state index in [4.69, 9.17) is 4.74 Å². The quantitative estimate of drug-likeness (QED) is 0.882. The largest absolute Gasteiger partial charge is 0.491 e. The maximum Gasteiger partial charge on any atom is 0.124 e. The van der Waals surface area contributed by atoms with E-state index in [1.165, 1.54) is 37.7 Å². The van der Waals surface area contributed by atoms with Gasteiger partial charge in [0.15, 0.2) is 0 Å². The molecule has 0 radical (unpaired) electrons. The Balaban J connectivity index is 1.58. The van der Waals surface area contributed by atoms with E-state index in [-0.39, 0.29) is 0 Å². The van der Waals surface area contributed by atoms with Gasteiger partial charge >= 0.3 is 0 Å². The minimum absolute atomic E-state index is 0.397. The molecule has 0 spiro atoms. The minimum atomic E-state index is 0.397. The molecule has 1 saturated carbocycles. The highest BCUT2D eigenvalue weighted by Gasteiger charge is 2.29. The highest BCUT2D eigenvalue weighted by atomic mass is 16.5. The summed E-state index contributed by atoms with van der Waals surface area (Å²) in [5.41, 5.74) is 1.35. The molecule has 1 fully saturated rings. The number of hydrogen-bond donors (Lipinski definition) is 1. The van der Waals surface area contributed by atoms with Gasteiger partial charge in [0.2, 0.25) is 0 Å². The lowest BCUT2D eigenvalue weighted by atomic mass is 9.81. The van der Waals surface area contributed by atoms with Crippen molar-refractivity contribution in [2.75, 3.05) is 6.61 Å². The molecule has 1 aliphatic heterocycles. The van der Waals surface area contributed by atoms with Crippen molar-refractivity contribution in [3.8, 4) is 5.75 Å². The Hall–Kier alpha value is -1.02. The number of hydrogen-bond acceptors (Lipinski definition) is 2. The Morgan fingerprint density at radius 1 is 1.25 bits per heavy atom. The third kappa shape index (κ3) is 3.17. The Morgan fingerprint density at radius 2 is 2.10 bits per heavy atom. The maximum absolute atomic E-state index is 5.78. The molecule has 3 atom stereocenters. The molecule has 2 aliphatic rings. The number of fused-ring (bicyclic) bond motifs is 1. The SMILES string of the molecule is CC(C)CC1CCCC(NC2COc3ccccc32)C1. The van der Waals surface area contributed by atoms with Crippen LogP contribution in [-0.2, 0) is 0 Å². The Bertz CT molecular complexity index is 443. The maximum atomic E-state index is 5.78. The molecule has 3 unspecified atom stereocenters. The standard InChI is InChI=1S/C18H27NO/c1-13(2)10-14-6-5-7-15(11-14)19-17-12-20-18-9-4-3-8-16(17)18/h3-4,8-9,13-15,17,19H,5-7,10-12H2,1-2H3. The molecular formula is C18H27NO. The van der Waals surface area contributed by atoms with Crippen molar-refractivity contribution in [2.45, 2.75) is 58.0 Å². The summed E-state index contributed by atoms with van der Waals surface area (Å²) in [4.78, 5) is 0. The lowest BCUT2D eigenvalue weighted by Crippen LogP contribution is -2.37. The highest BCUT2D eigenvalue weighted by Crippen LogP contribution is 2.35. The Kier molecular flexibility index (Phi) is 4.30. The van der Waals surface area contributed by atoms with Crippen LogP contribution in [0, 0.1) is 11.8 Å². The van der Waals surface area contributed by atoms with E-state index in [2.05, 4.69) is 43.4 Å². The van der Waals surface area contributed by atoms with Crippen molar-refractivity contribution < 1.29 is 4.74 Å². The molecule has 0 aromatic heterocycles.